The van der Waals surface area contributed by atoms with Crippen molar-refractivity contribution in [3.8, 4) is 11.5 Å². The first-order chi connectivity index (χ1) is 8.58. The third-order valence-corrected chi connectivity index (χ3v) is 2.52. The van der Waals surface area contributed by atoms with Crippen LogP contribution in [-0.2, 0) is 0 Å². The lowest BCUT2D eigenvalue weighted by Crippen LogP contribution is -1.96. The van der Waals surface area contributed by atoms with Crippen LogP contribution in [0.5, 0.6) is 11.5 Å². The number of hydrogen-bond donors (Lipinski definition) is 0. The fourth-order valence-electron chi connectivity index (χ4n) is 1.52. The van der Waals surface area contributed by atoms with Gasteiger partial charge < -0.3 is 4.74 Å². The molecule has 0 aliphatic heterocycles. The van der Waals surface area contributed by atoms with E-state index in [4.69, 9.17) is 16.3 Å². The van der Waals surface area contributed by atoms with Crippen LogP contribution in [0.3, 0.4) is 0 Å². The average molecular weight is 265 g/mol. The number of nitro benzene ring substituents is 1. The van der Waals surface area contributed by atoms with E-state index in [2.05, 4.69) is 4.98 Å². The second-order valence-corrected chi connectivity index (χ2v) is 3.98. The topological polar surface area (TPSA) is 65.3 Å². The molecule has 0 unspecified atom stereocenters. The van der Waals surface area contributed by atoms with Crippen molar-refractivity contribution in [3.05, 3.63) is 57.4 Å². The quantitative estimate of drug-likeness (QED) is 0.481. The molecule has 2 rings (SSSR count). The number of halogens is 1. The lowest BCUT2D eigenvalue weighted by Gasteiger charge is -2.07. The van der Waals surface area contributed by atoms with Crippen LogP contribution < -0.4 is 4.74 Å². The minimum absolute atomic E-state index is 0.0505. The first kappa shape index (κ1) is 12.3. The maximum absolute atomic E-state index is 11.0. The summed E-state index contributed by atoms with van der Waals surface area (Å²) in [4.78, 5) is 14.3. The predicted molar refractivity (Wildman–Crippen MR) is 67.2 cm³/mol. The number of nitro groups is 1. The van der Waals surface area contributed by atoms with E-state index in [9.17, 15) is 10.1 Å². The number of para-hydroxylation sites is 1. The molecule has 0 fully saturated rings. The Morgan fingerprint density at radius 3 is 2.83 bits per heavy atom. The van der Waals surface area contributed by atoms with Gasteiger partial charge in [0.2, 0.25) is 5.75 Å². The summed E-state index contributed by atoms with van der Waals surface area (Å²) in [6, 6.07) is 7.97. The van der Waals surface area contributed by atoms with Crippen LogP contribution in [0.1, 0.15) is 5.56 Å². The van der Waals surface area contributed by atoms with Crippen LogP contribution in [0.4, 0.5) is 5.69 Å². The van der Waals surface area contributed by atoms with Gasteiger partial charge in [0.15, 0.2) is 0 Å². The monoisotopic (exact) mass is 264 g/mol. The van der Waals surface area contributed by atoms with Gasteiger partial charge in [-0.1, -0.05) is 23.7 Å². The Kier molecular flexibility index (Phi) is 3.43. The molecular weight excluding hydrogens is 256 g/mol. The molecule has 92 valence electrons. The van der Waals surface area contributed by atoms with Crippen LogP contribution in [0.2, 0.25) is 5.15 Å². The molecule has 0 atom stereocenters. The highest BCUT2D eigenvalue weighted by atomic mass is 35.5. The zero-order chi connectivity index (χ0) is 13.1. The van der Waals surface area contributed by atoms with Gasteiger partial charge in [-0.25, -0.2) is 4.98 Å². The standard InChI is InChI=1S/C12H9ClN2O3/c1-8-3-2-4-10(12(8)15(16)17)18-9-5-6-14-11(13)7-9/h2-7H,1H3. The molecule has 0 spiro atoms. The number of benzene rings is 1. The van der Waals surface area contributed by atoms with E-state index in [1.165, 1.54) is 12.3 Å². The molecule has 5 nitrogen and oxygen atoms in total. The van der Waals surface area contributed by atoms with Crippen LogP contribution in [0, 0.1) is 17.0 Å². The van der Waals surface area contributed by atoms with Crippen molar-refractivity contribution in [2.75, 3.05) is 0 Å². The molecule has 18 heavy (non-hydrogen) atoms. The lowest BCUT2D eigenvalue weighted by molar-refractivity contribution is -0.386. The van der Waals surface area contributed by atoms with Crippen molar-refractivity contribution in [1.29, 1.82) is 0 Å². The molecule has 0 aliphatic rings. The third kappa shape index (κ3) is 2.57. The normalized spacial score (nSPS) is 10.1. The fraction of sp³-hybridized carbons (Fsp3) is 0.0833. The van der Waals surface area contributed by atoms with Crippen molar-refractivity contribution in [2.45, 2.75) is 6.92 Å². The summed E-state index contributed by atoms with van der Waals surface area (Å²) >= 11 is 5.72. The van der Waals surface area contributed by atoms with E-state index < -0.39 is 4.92 Å². The van der Waals surface area contributed by atoms with Gasteiger partial charge in [0, 0.05) is 17.8 Å². The molecule has 0 aliphatic carbocycles. The summed E-state index contributed by atoms with van der Waals surface area (Å²) < 4.78 is 5.47. The van der Waals surface area contributed by atoms with E-state index in [1.54, 1.807) is 31.2 Å². The molecule has 1 aromatic heterocycles. The van der Waals surface area contributed by atoms with Gasteiger partial charge in [-0.15, -0.1) is 0 Å². The van der Waals surface area contributed by atoms with Crippen LogP contribution in [-0.4, -0.2) is 9.91 Å². The Balaban J connectivity index is 2.40. The Labute approximate surface area is 108 Å². The number of aromatic nitrogens is 1. The maximum Gasteiger partial charge on any atom is 0.314 e. The van der Waals surface area contributed by atoms with E-state index in [0.29, 0.717) is 11.3 Å². The second-order valence-electron chi connectivity index (χ2n) is 3.60. The number of pyridine rings is 1. The SMILES string of the molecule is Cc1cccc(Oc2ccnc(Cl)c2)c1[N+](=O)[O-]. The Bertz CT molecular complexity index is 602. The second kappa shape index (κ2) is 5.01. The van der Waals surface area contributed by atoms with Gasteiger partial charge in [-0.2, -0.15) is 0 Å². The Morgan fingerprint density at radius 2 is 2.17 bits per heavy atom. The van der Waals surface area contributed by atoms with E-state index in [0.717, 1.165) is 0 Å². The number of nitrogens with zero attached hydrogens (tertiary/aromatic N) is 2. The zero-order valence-corrected chi connectivity index (χ0v) is 10.2. The van der Waals surface area contributed by atoms with Crippen LogP contribution >= 0.6 is 11.6 Å². The van der Waals surface area contributed by atoms with Crippen LogP contribution in [0.15, 0.2) is 36.5 Å². The molecule has 0 saturated carbocycles. The number of ether oxygens (including phenoxy) is 1. The highest BCUT2D eigenvalue weighted by Crippen LogP contribution is 2.34. The van der Waals surface area contributed by atoms with Crippen molar-refractivity contribution in [3.63, 3.8) is 0 Å². The summed E-state index contributed by atoms with van der Waals surface area (Å²) in [5.41, 5.74) is 0.489. The van der Waals surface area contributed by atoms with Gasteiger partial charge in [-0.05, 0) is 19.1 Å². The molecule has 0 radical (unpaired) electrons. The number of rotatable bonds is 3. The maximum atomic E-state index is 11.0. The highest BCUT2D eigenvalue weighted by molar-refractivity contribution is 6.29. The summed E-state index contributed by atoms with van der Waals surface area (Å²) in [6.45, 7) is 1.66. The summed E-state index contributed by atoms with van der Waals surface area (Å²) in [5.74, 6) is 0.589. The Hall–Kier alpha value is -2.14. The minimum atomic E-state index is -0.465. The zero-order valence-electron chi connectivity index (χ0n) is 9.46. The Morgan fingerprint density at radius 1 is 1.39 bits per heavy atom. The molecule has 1 aromatic carbocycles. The van der Waals surface area contributed by atoms with Gasteiger partial charge in [-0.3, -0.25) is 10.1 Å². The number of aryl methyl sites for hydroxylation is 1. The van der Waals surface area contributed by atoms with Gasteiger partial charge in [0.1, 0.15) is 10.9 Å². The minimum Gasteiger partial charge on any atom is -0.450 e. The van der Waals surface area contributed by atoms with E-state index in [1.807, 2.05) is 0 Å². The van der Waals surface area contributed by atoms with E-state index >= 15 is 0 Å². The number of hydrogen-bond acceptors (Lipinski definition) is 4. The van der Waals surface area contributed by atoms with Crippen molar-refractivity contribution in [2.24, 2.45) is 0 Å². The molecule has 0 bridgehead atoms. The summed E-state index contributed by atoms with van der Waals surface area (Å²) in [6.07, 6.45) is 1.47. The molecule has 0 saturated heterocycles. The smallest absolute Gasteiger partial charge is 0.314 e. The third-order valence-electron chi connectivity index (χ3n) is 2.31. The van der Waals surface area contributed by atoms with Crippen LogP contribution in [0.25, 0.3) is 0 Å². The fourth-order valence-corrected chi connectivity index (χ4v) is 1.69. The van der Waals surface area contributed by atoms with Gasteiger partial charge >= 0.3 is 5.69 Å². The first-order valence-electron chi connectivity index (χ1n) is 5.11. The average Bonchev–Trinajstić information content (AvgIpc) is 2.28. The molecule has 1 heterocycles. The molecule has 6 heteroatoms. The van der Waals surface area contributed by atoms with Gasteiger partial charge in [0.25, 0.3) is 0 Å². The molecule has 2 aromatic rings. The molecular formula is C12H9ClN2O3. The summed E-state index contributed by atoms with van der Waals surface area (Å²) in [7, 11) is 0. The first-order valence-corrected chi connectivity index (χ1v) is 5.49. The molecule has 0 amide bonds. The largest absolute Gasteiger partial charge is 0.450 e. The summed E-state index contributed by atoms with van der Waals surface area (Å²) in [5, 5.41) is 11.3. The molecule has 0 N–H and O–H groups in total. The van der Waals surface area contributed by atoms with E-state index in [-0.39, 0.29) is 16.6 Å². The highest BCUT2D eigenvalue weighted by Gasteiger charge is 2.18. The van der Waals surface area contributed by atoms with Crippen molar-refractivity contribution >= 4 is 17.3 Å². The lowest BCUT2D eigenvalue weighted by atomic mass is 10.2. The predicted octanol–water partition coefficient (Wildman–Crippen LogP) is 3.74. The van der Waals surface area contributed by atoms with Crippen molar-refractivity contribution < 1.29 is 9.66 Å². The van der Waals surface area contributed by atoms with Crippen molar-refractivity contribution in [1.82, 2.24) is 4.98 Å². The van der Waals surface area contributed by atoms with Gasteiger partial charge in [0.05, 0.1) is 4.92 Å².